The summed E-state index contributed by atoms with van der Waals surface area (Å²) in [5.74, 6) is -0.126. The van der Waals surface area contributed by atoms with Crippen LogP contribution in [0.5, 0.6) is 0 Å². The van der Waals surface area contributed by atoms with Crippen molar-refractivity contribution < 1.29 is 14.3 Å². The summed E-state index contributed by atoms with van der Waals surface area (Å²) in [6.07, 6.45) is 1.36. The van der Waals surface area contributed by atoms with Crippen LogP contribution in [0, 0.1) is 0 Å². The molecule has 2 aliphatic heterocycles. The van der Waals surface area contributed by atoms with Gasteiger partial charge in [0.15, 0.2) is 0 Å². The highest BCUT2D eigenvalue weighted by Gasteiger charge is 2.34. The van der Waals surface area contributed by atoms with Gasteiger partial charge in [0.05, 0.1) is 16.4 Å². The number of hydrogen-bond donors (Lipinski definition) is 1. The standard InChI is InChI=1S/C23H26ClN3O3/c1-15(2)25-22(28)16-7-8-21(19(24)13-16)26-11-9-18(10-12-26)27-20-6-4-3-5-17(20)14-30-23(27)29/h3-8,13,15,18H,9-12,14H2,1-2H3,(H,25,28). The van der Waals surface area contributed by atoms with Crippen molar-refractivity contribution in [3.05, 3.63) is 58.6 Å². The second-order valence-electron chi connectivity index (χ2n) is 8.07. The van der Waals surface area contributed by atoms with E-state index in [-0.39, 0.29) is 24.1 Å². The summed E-state index contributed by atoms with van der Waals surface area (Å²) < 4.78 is 5.38. The van der Waals surface area contributed by atoms with E-state index >= 15 is 0 Å². The molecule has 0 atom stereocenters. The van der Waals surface area contributed by atoms with Gasteiger partial charge in [-0.05, 0) is 51.0 Å². The first-order valence-corrected chi connectivity index (χ1v) is 10.7. The van der Waals surface area contributed by atoms with E-state index in [0.29, 0.717) is 17.2 Å². The Balaban J connectivity index is 1.45. The summed E-state index contributed by atoms with van der Waals surface area (Å²) in [5.41, 5.74) is 3.46. The maximum atomic E-state index is 12.5. The molecule has 0 aliphatic carbocycles. The zero-order valence-corrected chi connectivity index (χ0v) is 18.0. The first-order valence-electron chi connectivity index (χ1n) is 10.3. The molecule has 0 unspecified atom stereocenters. The summed E-state index contributed by atoms with van der Waals surface area (Å²) in [4.78, 5) is 28.7. The normalized spacial score (nSPS) is 17.0. The molecule has 0 aromatic heterocycles. The third-order valence-corrected chi connectivity index (χ3v) is 5.90. The maximum absolute atomic E-state index is 12.5. The minimum atomic E-state index is -0.272. The maximum Gasteiger partial charge on any atom is 0.414 e. The van der Waals surface area contributed by atoms with Gasteiger partial charge in [-0.15, -0.1) is 0 Å². The highest BCUT2D eigenvalue weighted by molar-refractivity contribution is 6.33. The summed E-state index contributed by atoms with van der Waals surface area (Å²) in [5, 5.41) is 3.44. The highest BCUT2D eigenvalue weighted by Crippen LogP contribution is 2.34. The number of carbonyl (C=O) groups excluding carboxylic acids is 2. The number of rotatable bonds is 4. The van der Waals surface area contributed by atoms with Crippen LogP contribution in [-0.2, 0) is 11.3 Å². The van der Waals surface area contributed by atoms with Crippen molar-refractivity contribution in [3.63, 3.8) is 0 Å². The number of halogens is 1. The molecule has 7 heteroatoms. The van der Waals surface area contributed by atoms with Crippen LogP contribution in [0.4, 0.5) is 16.2 Å². The van der Waals surface area contributed by atoms with Gasteiger partial charge in [-0.1, -0.05) is 29.8 Å². The largest absolute Gasteiger partial charge is 0.444 e. The lowest BCUT2D eigenvalue weighted by atomic mass is 10.00. The smallest absolute Gasteiger partial charge is 0.414 e. The van der Waals surface area contributed by atoms with Crippen LogP contribution in [0.25, 0.3) is 0 Å². The molecule has 4 rings (SSSR count). The fraction of sp³-hybridized carbons (Fsp3) is 0.391. The Bertz CT molecular complexity index is 954. The number of hydrogen-bond acceptors (Lipinski definition) is 4. The molecule has 1 fully saturated rings. The van der Waals surface area contributed by atoms with Crippen LogP contribution in [0.3, 0.4) is 0 Å². The van der Waals surface area contributed by atoms with Gasteiger partial charge in [-0.2, -0.15) is 0 Å². The molecule has 1 N–H and O–H groups in total. The monoisotopic (exact) mass is 427 g/mol. The van der Waals surface area contributed by atoms with Gasteiger partial charge in [0, 0.05) is 36.3 Å². The number of nitrogens with zero attached hydrogens (tertiary/aromatic N) is 2. The second-order valence-corrected chi connectivity index (χ2v) is 8.47. The quantitative estimate of drug-likeness (QED) is 0.774. The Morgan fingerprint density at radius 1 is 1.13 bits per heavy atom. The topological polar surface area (TPSA) is 61.9 Å². The molecule has 2 aromatic rings. The average molecular weight is 428 g/mol. The fourth-order valence-corrected chi connectivity index (χ4v) is 4.44. The van der Waals surface area contributed by atoms with Crippen LogP contribution in [0.2, 0.25) is 5.02 Å². The minimum absolute atomic E-state index is 0.0709. The summed E-state index contributed by atoms with van der Waals surface area (Å²) in [6.45, 7) is 5.72. The van der Waals surface area contributed by atoms with E-state index < -0.39 is 0 Å². The van der Waals surface area contributed by atoms with Gasteiger partial charge >= 0.3 is 6.09 Å². The van der Waals surface area contributed by atoms with Gasteiger partial charge in [-0.25, -0.2) is 4.79 Å². The zero-order chi connectivity index (χ0) is 21.3. The number of fused-ring (bicyclic) bond motifs is 1. The Morgan fingerprint density at radius 3 is 2.57 bits per heavy atom. The van der Waals surface area contributed by atoms with Crippen LogP contribution in [0.15, 0.2) is 42.5 Å². The van der Waals surface area contributed by atoms with Crippen molar-refractivity contribution in [3.8, 4) is 0 Å². The molecule has 0 radical (unpaired) electrons. The predicted octanol–water partition coefficient (Wildman–Crippen LogP) is 4.60. The Hall–Kier alpha value is -2.73. The summed E-state index contributed by atoms with van der Waals surface area (Å²) in [7, 11) is 0. The number of benzene rings is 2. The van der Waals surface area contributed by atoms with Gasteiger partial charge in [0.2, 0.25) is 0 Å². The highest BCUT2D eigenvalue weighted by atomic mass is 35.5. The van der Waals surface area contributed by atoms with E-state index in [1.54, 1.807) is 11.0 Å². The van der Waals surface area contributed by atoms with Gasteiger partial charge < -0.3 is 15.0 Å². The van der Waals surface area contributed by atoms with Crippen molar-refractivity contribution in [2.45, 2.75) is 45.4 Å². The lowest BCUT2D eigenvalue weighted by Gasteiger charge is -2.41. The molecule has 2 aromatic carbocycles. The first kappa shape index (κ1) is 20.5. The van der Waals surface area contributed by atoms with E-state index in [1.165, 1.54) is 0 Å². The Kier molecular flexibility index (Phi) is 5.86. The van der Waals surface area contributed by atoms with Crippen LogP contribution >= 0.6 is 11.6 Å². The number of nitrogens with one attached hydrogen (secondary N) is 1. The third-order valence-electron chi connectivity index (χ3n) is 5.60. The second kappa shape index (κ2) is 8.56. The number of ether oxygens (including phenoxy) is 1. The number of para-hydroxylation sites is 1. The molecule has 2 heterocycles. The molecule has 2 aliphatic rings. The first-order chi connectivity index (χ1) is 14.4. The SMILES string of the molecule is CC(C)NC(=O)c1ccc(N2CCC(N3C(=O)OCc4ccccc43)CC2)c(Cl)c1. The predicted molar refractivity (Wildman–Crippen MR) is 118 cm³/mol. The molecule has 0 saturated carbocycles. The van der Waals surface area contributed by atoms with E-state index in [9.17, 15) is 9.59 Å². The Morgan fingerprint density at radius 2 is 1.87 bits per heavy atom. The van der Waals surface area contributed by atoms with Gasteiger partial charge in [0.25, 0.3) is 5.91 Å². The molecule has 0 bridgehead atoms. The number of cyclic esters (lactones) is 1. The van der Waals surface area contributed by atoms with Crippen LogP contribution in [-0.4, -0.2) is 37.2 Å². The van der Waals surface area contributed by atoms with Crippen molar-refractivity contribution in [1.82, 2.24) is 5.32 Å². The summed E-state index contributed by atoms with van der Waals surface area (Å²) in [6, 6.07) is 13.5. The molecule has 2 amide bonds. The molecular formula is C23H26ClN3O3. The minimum Gasteiger partial charge on any atom is -0.444 e. The lowest BCUT2D eigenvalue weighted by Crippen LogP contribution is -2.49. The number of piperidine rings is 1. The van der Waals surface area contributed by atoms with Crippen molar-refractivity contribution in [2.75, 3.05) is 22.9 Å². The number of carbonyl (C=O) groups is 2. The third kappa shape index (κ3) is 4.10. The lowest BCUT2D eigenvalue weighted by molar-refractivity contribution is 0.0943. The van der Waals surface area contributed by atoms with E-state index in [4.69, 9.17) is 16.3 Å². The summed E-state index contributed by atoms with van der Waals surface area (Å²) >= 11 is 6.51. The molecule has 6 nitrogen and oxygen atoms in total. The van der Waals surface area contributed by atoms with Crippen molar-refractivity contribution in [2.24, 2.45) is 0 Å². The van der Waals surface area contributed by atoms with E-state index in [1.807, 2.05) is 50.2 Å². The Labute approximate surface area is 181 Å². The molecule has 30 heavy (non-hydrogen) atoms. The average Bonchev–Trinajstić information content (AvgIpc) is 2.73. The molecule has 158 valence electrons. The van der Waals surface area contributed by atoms with Gasteiger partial charge in [-0.3, -0.25) is 9.69 Å². The molecule has 0 spiro atoms. The van der Waals surface area contributed by atoms with Crippen molar-refractivity contribution >= 4 is 35.0 Å². The van der Waals surface area contributed by atoms with Crippen LogP contribution in [0.1, 0.15) is 42.6 Å². The zero-order valence-electron chi connectivity index (χ0n) is 17.2. The molecular weight excluding hydrogens is 402 g/mol. The molecule has 1 saturated heterocycles. The number of anilines is 2. The van der Waals surface area contributed by atoms with Gasteiger partial charge in [0.1, 0.15) is 6.61 Å². The fourth-order valence-electron chi connectivity index (χ4n) is 4.14. The van der Waals surface area contributed by atoms with E-state index in [2.05, 4.69) is 10.2 Å². The van der Waals surface area contributed by atoms with Crippen molar-refractivity contribution in [1.29, 1.82) is 0 Å². The number of amides is 2. The van der Waals surface area contributed by atoms with Crippen LogP contribution < -0.4 is 15.1 Å². The van der Waals surface area contributed by atoms with E-state index in [0.717, 1.165) is 42.9 Å².